The molecule has 2 N–H and O–H groups in total. The third-order valence-corrected chi connectivity index (χ3v) is 7.25. The first kappa shape index (κ1) is 31.5. The molecule has 2 atom stereocenters. The maximum atomic E-state index is 13.4. The molecule has 0 spiro atoms. The molecule has 0 aliphatic carbocycles. The fourth-order valence-corrected chi connectivity index (χ4v) is 4.90. The molecule has 4 aromatic rings. The van der Waals surface area contributed by atoms with Crippen molar-refractivity contribution < 1.29 is 42.7 Å². The predicted molar refractivity (Wildman–Crippen MR) is 154 cm³/mol. The number of aliphatic carboxylic acids is 1. The Kier molecular flexibility index (Phi) is 11.5. The van der Waals surface area contributed by atoms with Crippen LogP contribution in [0, 0.1) is 6.92 Å². The van der Waals surface area contributed by atoms with E-state index >= 15 is 0 Å². The van der Waals surface area contributed by atoms with Crippen LogP contribution in [0.1, 0.15) is 39.8 Å². The summed E-state index contributed by atoms with van der Waals surface area (Å²) in [4.78, 5) is 29.6. The van der Waals surface area contributed by atoms with Crippen molar-refractivity contribution in [2.24, 2.45) is 0 Å². The molecule has 1 amide bonds. The number of nitrogens with zero attached hydrogens (tertiary/aromatic N) is 1. The van der Waals surface area contributed by atoms with Gasteiger partial charge in [-0.3, -0.25) is 4.79 Å². The molecule has 10 heteroatoms. The maximum Gasteiger partial charge on any atom is 1.00 e. The van der Waals surface area contributed by atoms with Crippen LogP contribution in [0.3, 0.4) is 0 Å². The first-order valence-electron chi connectivity index (χ1n) is 12.3. The molecule has 0 bridgehead atoms. The Hall–Kier alpha value is -2.99. The molecule has 0 aliphatic heterocycles. The first-order valence-corrected chi connectivity index (χ1v) is 14.1. The van der Waals surface area contributed by atoms with E-state index < -0.39 is 24.0 Å². The van der Waals surface area contributed by atoms with Crippen LogP contribution in [0.15, 0.2) is 77.3 Å². The van der Waals surface area contributed by atoms with Crippen molar-refractivity contribution in [3.05, 3.63) is 100 Å². The van der Waals surface area contributed by atoms with E-state index in [9.17, 15) is 14.7 Å². The molecule has 2 unspecified atom stereocenters. The third kappa shape index (κ3) is 7.39. The van der Waals surface area contributed by atoms with Gasteiger partial charge in [-0.2, -0.15) is 11.8 Å². The topological polar surface area (TPSA) is 102 Å². The number of aromatic nitrogens is 1. The van der Waals surface area contributed by atoms with E-state index in [1.54, 1.807) is 37.6 Å². The number of aryl methyl sites for hydroxylation is 1. The summed E-state index contributed by atoms with van der Waals surface area (Å²) in [5.74, 6) is 0.0350. The molecule has 3 aromatic carbocycles. The van der Waals surface area contributed by atoms with E-state index in [0.29, 0.717) is 40.0 Å². The van der Waals surface area contributed by atoms with E-state index in [0.717, 1.165) is 22.3 Å². The number of methoxy groups -OCH3 is 1. The SMILES string of the molecule is COC(c1ccc(C(=O)NC(CCSC)C(=O)O)c(-c2ccccc2C)c1)c1cnc(-c2ccc(Cl)cc2)o1.[Li+]. The number of nitrogens with one attached hydrogen (secondary N) is 1. The average Bonchev–Trinajstić information content (AvgIpc) is 3.41. The number of carboxylic acid groups (broad SMARTS) is 1. The zero-order chi connectivity index (χ0) is 27.9. The van der Waals surface area contributed by atoms with Crippen molar-refractivity contribution >= 4 is 35.2 Å². The molecule has 4 rings (SSSR count). The van der Waals surface area contributed by atoms with E-state index in [-0.39, 0.29) is 18.9 Å². The van der Waals surface area contributed by atoms with Crippen LogP contribution in [-0.4, -0.2) is 47.1 Å². The number of amides is 1. The third-order valence-electron chi connectivity index (χ3n) is 6.35. The molecule has 1 aromatic heterocycles. The van der Waals surface area contributed by atoms with E-state index in [1.807, 2.05) is 55.6 Å². The number of benzene rings is 3. The number of carbonyl (C=O) groups excluding carboxylic acids is 1. The molecular weight excluding hydrogens is 543 g/mol. The van der Waals surface area contributed by atoms with E-state index in [2.05, 4.69) is 10.3 Å². The van der Waals surface area contributed by atoms with Gasteiger partial charge in [-0.25, -0.2) is 9.78 Å². The number of oxazole rings is 1. The van der Waals surface area contributed by atoms with Crippen molar-refractivity contribution in [3.63, 3.8) is 0 Å². The minimum Gasteiger partial charge on any atom is -0.480 e. The first-order chi connectivity index (χ1) is 18.8. The molecule has 0 saturated heterocycles. The molecule has 7 nitrogen and oxygen atoms in total. The van der Waals surface area contributed by atoms with Gasteiger partial charge in [0, 0.05) is 23.3 Å². The van der Waals surface area contributed by atoms with Crippen molar-refractivity contribution in [2.45, 2.75) is 25.5 Å². The van der Waals surface area contributed by atoms with Gasteiger partial charge in [0.2, 0.25) is 5.89 Å². The number of hydrogen-bond donors (Lipinski definition) is 2. The fraction of sp³-hybridized carbons (Fsp3) is 0.233. The number of ether oxygens (including phenoxy) is 1. The summed E-state index contributed by atoms with van der Waals surface area (Å²) in [7, 11) is 1.58. The van der Waals surface area contributed by atoms with Crippen LogP contribution in [0.5, 0.6) is 0 Å². The predicted octanol–water partition coefficient (Wildman–Crippen LogP) is 3.65. The smallest absolute Gasteiger partial charge is 0.480 e. The normalized spacial score (nSPS) is 12.3. The molecule has 0 aliphatic rings. The number of hydrogen-bond acceptors (Lipinski definition) is 6. The van der Waals surface area contributed by atoms with Gasteiger partial charge in [-0.15, -0.1) is 0 Å². The van der Waals surface area contributed by atoms with Crippen molar-refractivity contribution in [1.82, 2.24) is 10.3 Å². The molecule has 0 fully saturated rings. The summed E-state index contributed by atoms with van der Waals surface area (Å²) in [6, 6.07) is 19.3. The van der Waals surface area contributed by atoms with E-state index in [4.69, 9.17) is 20.8 Å². The fourth-order valence-electron chi connectivity index (χ4n) is 4.30. The molecular formula is C30H29ClLiN2O5S+. The molecule has 40 heavy (non-hydrogen) atoms. The molecule has 1 heterocycles. The second-order valence-corrected chi connectivity index (χ2v) is 10.4. The van der Waals surface area contributed by atoms with E-state index in [1.165, 1.54) is 11.8 Å². The summed E-state index contributed by atoms with van der Waals surface area (Å²) in [6.07, 6.45) is 3.25. The largest absolute Gasteiger partial charge is 1.00 e. The Morgan fingerprint density at radius 3 is 2.48 bits per heavy atom. The van der Waals surface area contributed by atoms with Crippen LogP contribution < -0.4 is 24.2 Å². The Morgan fingerprint density at radius 1 is 1.10 bits per heavy atom. The van der Waals surface area contributed by atoms with Gasteiger partial charge in [0.15, 0.2) is 5.76 Å². The molecule has 202 valence electrons. The Morgan fingerprint density at radius 2 is 1.82 bits per heavy atom. The monoisotopic (exact) mass is 571 g/mol. The quantitative estimate of drug-likeness (QED) is 0.265. The second-order valence-electron chi connectivity index (χ2n) is 8.96. The van der Waals surface area contributed by atoms with Crippen LogP contribution in [0.4, 0.5) is 0 Å². The molecule has 0 radical (unpaired) electrons. The maximum absolute atomic E-state index is 13.4. The number of rotatable bonds is 11. The Bertz CT molecular complexity index is 1460. The summed E-state index contributed by atoms with van der Waals surface area (Å²) >= 11 is 7.53. The number of carbonyl (C=O) groups is 2. The number of halogens is 1. The minimum absolute atomic E-state index is 0. The average molecular weight is 572 g/mol. The van der Waals surface area contributed by atoms with Gasteiger partial charge in [-0.05, 0) is 84.0 Å². The second kappa shape index (κ2) is 14.6. The van der Waals surface area contributed by atoms with Gasteiger partial charge in [0.1, 0.15) is 12.1 Å². The Balaban J connectivity index is 0.00000441. The Labute approximate surface area is 254 Å². The zero-order valence-corrected chi connectivity index (χ0v) is 24.4. The summed E-state index contributed by atoms with van der Waals surface area (Å²) in [6.45, 7) is 1.96. The summed E-state index contributed by atoms with van der Waals surface area (Å²) in [5, 5.41) is 12.9. The minimum atomic E-state index is -1.06. The van der Waals surface area contributed by atoms with Gasteiger partial charge < -0.3 is 19.6 Å². The zero-order valence-electron chi connectivity index (χ0n) is 22.8. The van der Waals surface area contributed by atoms with Crippen molar-refractivity contribution in [1.29, 1.82) is 0 Å². The summed E-state index contributed by atoms with van der Waals surface area (Å²) < 4.78 is 11.9. The van der Waals surface area contributed by atoms with Crippen LogP contribution in [0.25, 0.3) is 22.6 Å². The number of thioether (sulfide) groups is 1. The van der Waals surface area contributed by atoms with Gasteiger partial charge in [-0.1, -0.05) is 41.9 Å². The van der Waals surface area contributed by atoms with Crippen molar-refractivity contribution in [2.75, 3.05) is 19.1 Å². The molecule has 0 saturated carbocycles. The van der Waals surface area contributed by atoms with Crippen LogP contribution in [0.2, 0.25) is 5.02 Å². The van der Waals surface area contributed by atoms with Crippen LogP contribution >= 0.6 is 23.4 Å². The summed E-state index contributed by atoms with van der Waals surface area (Å²) in [5.41, 5.74) is 4.40. The van der Waals surface area contributed by atoms with Crippen molar-refractivity contribution in [3.8, 4) is 22.6 Å². The van der Waals surface area contributed by atoms with Crippen LogP contribution in [-0.2, 0) is 9.53 Å². The van der Waals surface area contributed by atoms with Gasteiger partial charge in [0.25, 0.3) is 5.91 Å². The van der Waals surface area contributed by atoms with Gasteiger partial charge in [0.05, 0.1) is 6.20 Å². The standard InChI is InChI=1S/C30H29ClN2O5S.Li/c1-18-6-4-5-7-22(18)24-16-20(10-13-23(24)28(34)33-25(30(35)36)14-15-39-3)27(37-2)26-17-32-29(38-26)19-8-11-21(31)12-9-19;/h4-13,16-17,25,27H,14-15H2,1-3H3,(H,33,34)(H,35,36);/q;+1. The number of carboxylic acids is 1. The van der Waals surface area contributed by atoms with Gasteiger partial charge >= 0.3 is 24.8 Å².